The van der Waals surface area contributed by atoms with E-state index >= 15 is 0 Å². The van der Waals surface area contributed by atoms with Crippen LogP contribution in [0.5, 0.6) is 0 Å². The molecule has 0 aliphatic carbocycles. The van der Waals surface area contributed by atoms with Gasteiger partial charge in [0.2, 0.25) is 0 Å². The normalized spacial score (nSPS) is 25.0. The fraction of sp³-hybridized carbons (Fsp3) is 0.538. The Morgan fingerprint density at radius 1 is 1.53 bits per heavy atom. The molecule has 3 nitrogen and oxygen atoms in total. The SMILES string of the molecule is CCC1COC(C)CN1c1ccc(N)cc1Br. The molecule has 94 valence electrons. The first-order valence-electron chi connectivity index (χ1n) is 6.05. The van der Waals surface area contributed by atoms with Crippen LogP contribution in [0.4, 0.5) is 11.4 Å². The number of nitrogen functional groups attached to an aromatic ring is 1. The molecule has 1 fully saturated rings. The van der Waals surface area contributed by atoms with Gasteiger partial charge in [-0.15, -0.1) is 0 Å². The van der Waals surface area contributed by atoms with Gasteiger partial charge in [-0.2, -0.15) is 0 Å². The van der Waals surface area contributed by atoms with Crippen LogP contribution in [0.3, 0.4) is 0 Å². The lowest BCUT2D eigenvalue weighted by Crippen LogP contribution is -2.48. The first-order valence-corrected chi connectivity index (χ1v) is 6.84. The van der Waals surface area contributed by atoms with Crippen molar-refractivity contribution in [2.45, 2.75) is 32.4 Å². The van der Waals surface area contributed by atoms with E-state index in [0.717, 1.165) is 29.7 Å². The number of hydrogen-bond acceptors (Lipinski definition) is 3. The predicted molar refractivity (Wildman–Crippen MR) is 75.4 cm³/mol. The highest BCUT2D eigenvalue weighted by Crippen LogP contribution is 2.32. The molecule has 0 saturated carbocycles. The Morgan fingerprint density at radius 3 is 2.94 bits per heavy atom. The van der Waals surface area contributed by atoms with E-state index < -0.39 is 0 Å². The fourth-order valence-corrected chi connectivity index (χ4v) is 2.86. The summed E-state index contributed by atoms with van der Waals surface area (Å²) in [5.74, 6) is 0. The molecule has 0 radical (unpaired) electrons. The Balaban J connectivity index is 2.28. The number of anilines is 2. The lowest BCUT2D eigenvalue weighted by Gasteiger charge is -2.40. The number of ether oxygens (including phenoxy) is 1. The molecule has 1 saturated heterocycles. The molecule has 4 heteroatoms. The zero-order chi connectivity index (χ0) is 12.4. The first-order chi connectivity index (χ1) is 8.11. The highest BCUT2D eigenvalue weighted by molar-refractivity contribution is 9.10. The number of nitrogens with zero attached hydrogens (tertiary/aromatic N) is 1. The van der Waals surface area contributed by atoms with E-state index in [9.17, 15) is 0 Å². The molecule has 2 N–H and O–H groups in total. The average molecular weight is 299 g/mol. The summed E-state index contributed by atoms with van der Waals surface area (Å²) in [5, 5.41) is 0. The first kappa shape index (κ1) is 12.7. The fourth-order valence-electron chi connectivity index (χ4n) is 2.23. The second kappa shape index (κ2) is 5.27. The van der Waals surface area contributed by atoms with Gasteiger partial charge in [-0.25, -0.2) is 0 Å². The van der Waals surface area contributed by atoms with Crippen molar-refractivity contribution in [1.82, 2.24) is 0 Å². The van der Waals surface area contributed by atoms with Gasteiger partial charge >= 0.3 is 0 Å². The third-order valence-electron chi connectivity index (χ3n) is 3.22. The molecule has 2 unspecified atom stereocenters. The van der Waals surface area contributed by atoms with Crippen molar-refractivity contribution >= 4 is 27.3 Å². The van der Waals surface area contributed by atoms with Crippen LogP contribution < -0.4 is 10.6 Å². The Morgan fingerprint density at radius 2 is 2.29 bits per heavy atom. The summed E-state index contributed by atoms with van der Waals surface area (Å²) >= 11 is 3.60. The molecule has 0 bridgehead atoms. The van der Waals surface area contributed by atoms with E-state index in [0.29, 0.717) is 6.04 Å². The van der Waals surface area contributed by atoms with E-state index in [-0.39, 0.29) is 6.10 Å². The number of hydrogen-bond donors (Lipinski definition) is 1. The molecule has 0 amide bonds. The van der Waals surface area contributed by atoms with Gasteiger partial charge < -0.3 is 15.4 Å². The minimum Gasteiger partial charge on any atom is -0.399 e. The summed E-state index contributed by atoms with van der Waals surface area (Å²) in [6.07, 6.45) is 1.37. The molecule has 1 aliphatic heterocycles. The molecule has 1 heterocycles. The monoisotopic (exact) mass is 298 g/mol. The van der Waals surface area contributed by atoms with Crippen LogP contribution in [-0.2, 0) is 4.74 Å². The van der Waals surface area contributed by atoms with Gasteiger partial charge in [-0.1, -0.05) is 6.92 Å². The Bertz CT molecular complexity index is 397. The second-order valence-corrected chi connectivity index (χ2v) is 5.42. The molecule has 1 aromatic carbocycles. The van der Waals surface area contributed by atoms with Gasteiger partial charge in [-0.05, 0) is 47.5 Å². The summed E-state index contributed by atoms with van der Waals surface area (Å²) < 4.78 is 6.78. The highest BCUT2D eigenvalue weighted by atomic mass is 79.9. The number of nitrogens with two attached hydrogens (primary N) is 1. The van der Waals surface area contributed by atoms with Gasteiger partial charge in [-0.3, -0.25) is 0 Å². The Hall–Kier alpha value is -0.740. The van der Waals surface area contributed by atoms with E-state index in [1.54, 1.807) is 0 Å². The summed E-state index contributed by atoms with van der Waals surface area (Å²) in [6, 6.07) is 6.45. The molecular weight excluding hydrogens is 280 g/mol. The molecule has 0 aromatic heterocycles. The van der Waals surface area contributed by atoms with Gasteiger partial charge in [0.1, 0.15) is 0 Å². The third kappa shape index (κ3) is 2.75. The summed E-state index contributed by atoms with van der Waals surface area (Å²) in [6.45, 7) is 6.04. The molecular formula is C13H19BrN2O. The van der Waals surface area contributed by atoms with Crippen molar-refractivity contribution in [3.8, 4) is 0 Å². The van der Waals surface area contributed by atoms with Crippen LogP contribution in [0.15, 0.2) is 22.7 Å². The van der Waals surface area contributed by atoms with Crippen LogP contribution in [0.25, 0.3) is 0 Å². The quantitative estimate of drug-likeness (QED) is 0.853. The summed E-state index contributed by atoms with van der Waals surface area (Å²) in [7, 11) is 0. The van der Waals surface area contributed by atoms with Crippen molar-refractivity contribution in [3.05, 3.63) is 22.7 Å². The number of morpholine rings is 1. The average Bonchev–Trinajstić information content (AvgIpc) is 2.29. The van der Waals surface area contributed by atoms with Crippen LogP contribution in [0.2, 0.25) is 0 Å². The maximum atomic E-state index is 5.78. The lowest BCUT2D eigenvalue weighted by molar-refractivity contribution is 0.0299. The number of rotatable bonds is 2. The van der Waals surface area contributed by atoms with Gasteiger partial charge in [0.25, 0.3) is 0 Å². The van der Waals surface area contributed by atoms with Crippen LogP contribution in [0, 0.1) is 0 Å². The molecule has 2 atom stereocenters. The van der Waals surface area contributed by atoms with Crippen molar-refractivity contribution in [2.24, 2.45) is 0 Å². The van der Waals surface area contributed by atoms with Gasteiger partial charge in [0.05, 0.1) is 24.4 Å². The van der Waals surface area contributed by atoms with Crippen LogP contribution >= 0.6 is 15.9 Å². The summed E-state index contributed by atoms with van der Waals surface area (Å²) in [4.78, 5) is 2.41. The standard InChI is InChI=1S/C13H19BrN2O/c1-3-11-8-17-9(2)7-16(11)13-5-4-10(15)6-12(13)14/h4-6,9,11H,3,7-8,15H2,1-2H3. The highest BCUT2D eigenvalue weighted by Gasteiger charge is 2.26. The molecule has 0 spiro atoms. The Kier molecular flexibility index (Phi) is 3.94. The van der Waals surface area contributed by atoms with Crippen LogP contribution in [-0.4, -0.2) is 25.3 Å². The van der Waals surface area contributed by atoms with Crippen molar-refractivity contribution in [2.75, 3.05) is 23.8 Å². The minimum absolute atomic E-state index is 0.280. The molecule has 17 heavy (non-hydrogen) atoms. The second-order valence-electron chi connectivity index (χ2n) is 4.57. The number of benzene rings is 1. The molecule has 1 aliphatic rings. The van der Waals surface area contributed by atoms with E-state index in [1.165, 1.54) is 5.69 Å². The smallest absolute Gasteiger partial charge is 0.0723 e. The van der Waals surface area contributed by atoms with E-state index in [1.807, 2.05) is 12.1 Å². The maximum Gasteiger partial charge on any atom is 0.0723 e. The third-order valence-corrected chi connectivity index (χ3v) is 3.86. The molecule has 1 aromatic rings. The topological polar surface area (TPSA) is 38.5 Å². The lowest BCUT2D eigenvalue weighted by atomic mass is 10.1. The van der Waals surface area contributed by atoms with E-state index in [2.05, 4.69) is 40.7 Å². The summed E-state index contributed by atoms with van der Waals surface area (Å²) in [5.41, 5.74) is 7.77. The van der Waals surface area contributed by atoms with E-state index in [4.69, 9.17) is 10.5 Å². The largest absolute Gasteiger partial charge is 0.399 e. The van der Waals surface area contributed by atoms with Crippen molar-refractivity contribution in [1.29, 1.82) is 0 Å². The van der Waals surface area contributed by atoms with Crippen molar-refractivity contribution < 1.29 is 4.74 Å². The van der Waals surface area contributed by atoms with Gasteiger partial charge in [0.15, 0.2) is 0 Å². The van der Waals surface area contributed by atoms with Crippen molar-refractivity contribution in [3.63, 3.8) is 0 Å². The van der Waals surface area contributed by atoms with Crippen LogP contribution in [0.1, 0.15) is 20.3 Å². The predicted octanol–water partition coefficient (Wildman–Crippen LogP) is 3.04. The minimum atomic E-state index is 0.280. The number of halogens is 1. The maximum absolute atomic E-state index is 5.78. The molecule has 2 rings (SSSR count). The zero-order valence-corrected chi connectivity index (χ0v) is 11.9. The zero-order valence-electron chi connectivity index (χ0n) is 10.3. The van der Waals surface area contributed by atoms with Gasteiger partial charge in [0, 0.05) is 16.7 Å². The Labute approximate surface area is 111 Å².